The van der Waals surface area contributed by atoms with Crippen molar-refractivity contribution in [3.63, 3.8) is 0 Å². The summed E-state index contributed by atoms with van der Waals surface area (Å²) in [4.78, 5) is 10.7. The van der Waals surface area contributed by atoms with Crippen molar-refractivity contribution < 1.29 is 0 Å². The van der Waals surface area contributed by atoms with Gasteiger partial charge in [-0.15, -0.1) is 0 Å². The van der Waals surface area contributed by atoms with Gasteiger partial charge in [-0.1, -0.05) is 6.92 Å². The molecule has 1 fully saturated rings. The summed E-state index contributed by atoms with van der Waals surface area (Å²) in [5, 5.41) is 0.354. The zero-order chi connectivity index (χ0) is 11.5. The molecule has 88 valence electrons. The first kappa shape index (κ1) is 11.6. The van der Waals surface area contributed by atoms with E-state index < -0.39 is 0 Å². The number of halogens is 1. The normalized spacial score (nSPS) is 15.2. The third kappa shape index (κ3) is 3.08. The molecule has 1 aromatic rings. The molecule has 1 aromatic heterocycles. The Balaban J connectivity index is 2.15. The number of hydrogen-bond acceptors (Lipinski definition) is 3. The van der Waals surface area contributed by atoms with Crippen LogP contribution in [0.5, 0.6) is 0 Å². The van der Waals surface area contributed by atoms with Crippen LogP contribution in [0.4, 0.5) is 5.82 Å². The zero-order valence-electron chi connectivity index (χ0n) is 9.91. The second-order valence-corrected chi connectivity index (χ2v) is 4.86. The monoisotopic (exact) mass is 239 g/mol. The lowest BCUT2D eigenvalue weighted by Crippen LogP contribution is -2.27. The summed E-state index contributed by atoms with van der Waals surface area (Å²) in [6.45, 7) is 6.30. The van der Waals surface area contributed by atoms with Gasteiger partial charge in [0.25, 0.3) is 0 Å². The Kier molecular flexibility index (Phi) is 3.64. The van der Waals surface area contributed by atoms with E-state index in [1.807, 2.05) is 13.0 Å². The molecule has 0 atom stereocenters. The van der Waals surface area contributed by atoms with Crippen LogP contribution in [0.1, 0.15) is 31.9 Å². The summed E-state index contributed by atoms with van der Waals surface area (Å²) in [5.41, 5.74) is 0.937. The van der Waals surface area contributed by atoms with E-state index in [2.05, 4.69) is 21.8 Å². The first-order chi connectivity index (χ1) is 7.69. The average molecular weight is 240 g/mol. The predicted molar refractivity (Wildman–Crippen MR) is 67.0 cm³/mol. The zero-order valence-corrected chi connectivity index (χ0v) is 10.7. The summed E-state index contributed by atoms with van der Waals surface area (Å²) in [6, 6.07) is 2.02. The molecule has 0 bridgehead atoms. The molecule has 3 nitrogen and oxygen atoms in total. The molecule has 1 saturated carbocycles. The van der Waals surface area contributed by atoms with E-state index in [1.54, 1.807) is 0 Å². The van der Waals surface area contributed by atoms with Gasteiger partial charge in [-0.2, -0.15) is 0 Å². The average Bonchev–Trinajstić information content (AvgIpc) is 2.99. The highest BCUT2D eigenvalue weighted by Crippen LogP contribution is 2.31. The van der Waals surface area contributed by atoms with Gasteiger partial charge in [0.2, 0.25) is 5.28 Å². The molecule has 0 aromatic carbocycles. The van der Waals surface area contributed by atoms with Crippen molar-refractivity contribution in [3.8, 4) is 0 Å². The highest BCUT2D eigenvalue weighted by molar-refractivity contribution is 6.28. The minimum Gasteiger partial charge on any atom is -0.356 e. The Morgan fingerprint density at radius 3 is 2.75 bits per heavy atom. The number of rotatable bonds is 5. The van der Waals surface area contributed by atoms with Gasteiger partial charge in [-0.3, -0.25) is 0 Å². The van der Waals surface area contributed by atoms with Crippen LogP contribution in [0.15, 0.2) is 6.07 Å². The van der Waals surface area contributed by atoms with Crippen molar-refractivity contribution in [2.24, 2.45) is 5.92 Å². The Bertz CT molecular complexity index is 343. The van der Waals surface area contributed by atoms with E-state index in [0.717, 1.165) is 36.9 Å². The Morgan fingerprint density at radius 2 is 2.19 bits per heavy atom. The molecular weight excluding hydrogens is 222 g/mol. The van der Waals surface area contributed by atoms with Crippen molar-refractivity contribution in [1.29, 1.82) is 0 Å². The highest BCUT2D eigenvalue weighted by atomic mass is 35.5. The number of hydrogen-bond donors (Lipinski definition) is 0. The van der Waals surface area contributed by atoms with Crippen molar-refractivity contribution in [2.45, 2.75) is 33.1 Å². The molecular formula is C12H18ClN3. The molecule has 1 aliphatic carbocycles. The Hall–Kier alpha value is -0.830. The van der Waals surface area contributed by atoms with Gasteiger partial charge >= 0.3 is 0 Å². The molecule has 0 amide bonds. The Morgan fingerprint density at radius 1 is 1.44 bits per heavy atom. The standard InChI is InChI=1S/C12H18ClN3/c1-3-6-16(8-10-4-5-10)11-7-9(2)14-12(13)15-11/h7,10H,3-6,8H2,1-2H3. The molecule has 1 heterocycles. The maximum absolute atomic E-state index is 5.90. The molecule has 0 saturated heterocycles. The minimum absolute atomic E-state index is 0.354. The van der Waals surface area contributed by atoms with Crippen LogP contribution in [0.25, 0.3) is 0 Å². The molecule has 0 N–H and O–H groups in total. The number of aryl methyl sites for hydroxylation is 1. The molecule has 16 heavy (non-hydrogen) atoms. The maximum Gasteiger partial charge on any atom is 0.224 e. The van der Waals surface area contributed by atoms with Gasteiger partial charge in [0.1, 0.15) is 5.82 Å². The third-order valence-electron chi connectivity index (χ3n) is 2.81. The first-order valence-corrected chi connectivity index (χ1v) is 6.33. The SMILES string of the molecule is CCCN(CC1CC1)c1cc(C)nc(Cl)n1. The summed E-state index contributed by atoms with van der Waals surface area (Å²) < 4.78 is 0. The van der Waals surface area contributed by atoms with Crippen LogP contribution < -0.4 is 4.90 Å². The van der Waals surface area contributed by atoms with E-state index in [1.165, 1.54) is 12.8 Å². The fourth-order valence-corrected chi connectivity index (χ4v) is 2.08. The van der Waals surface area contributed by atoms with Gasteiger partial charge in [-0.25, -0.2) is 9.97 Å². The quantitative estimate of drug-likeness (QED) is 0.740. The first-order valence-electron chi connectivity index (χ1n) is 5.95. The van der Waals surface area contributed by atoms with Crippen molar-refractivity contribution in [3.05, 3.63) is 17.0 Å². The topological polar surface area (TPSA) is 29.0 Å². The van der Waals surface area contributed by atoms with Crippen molar-refractivity contribution >= 4 is 17.4 Å². The number of nitrogens with zero attached hydrogens (tertiary/aromatic N) is 3. The van der Waals surface area contributed by atoms with Crippen LogP contribution in [0.3, 0.4) is 0 Å². The van der Waals surface area contributed by atoms with Crippen LogP contribution in [-0.4, -0.2) is 23.1 Å². The number of aromatic nitrogens is 2. The van der Waals surface area contributed by atoms with E-state index >= 15 is 0 Å². The molecule has 4 heteroatoms. The lowest BCUT2D eigenvalue weighted by molar-refractivity contribution is 0.697. The lowest BCUT2D eigenvalue weighted by Gasteiger charge is -2.23. The molecule has 0 spiro atoms. The van der Waals surface area contributed by atoms with Crippen LogP contribution in [-0.2, 0) is 0 Å². The summed E-state index contributed by atoms with van der Waals surface area (Å²) in [5.74, 6) is 1.84. The van der Waals surface area contributed by atoms with E-state index in [4.69, 9.17) is 11.6 Å². The maximum atomic E-state index is 5.90. The van der Waals surface area contributed by atoms with Crippen molar-refractivity contribution in [2.75, 3.05) is 18.0 Å². The third-order valence-corrected chi connectivity index (χ3v) is 2.98. The molecule has 2 rings (SSSR count). The predicted octanol–water partition coefficient (Wildman–Crippen LogP) is 3.06. The van der Waals surface area contributed by atoms with Gasteiger partial charge in [0.05, 0.1) is 0 Å². The largest absolute Gasteiger partial charge is 0.356 e. The summed E-state index contributed by atoms with van der Waals surface area (Å²) in [6.07, 6.45) is 3.85. The van der Waals surface area contributed by atoms with Crippen LogP contribution in [0, 0.1) is 12.8 Å². The summed E-state index contributed by atoms with van der Waals surface area (Å²) in [7, 11) is 0. The van der Waals surface area contributed by atoms with E-state index in [9.17, 15) is 0 Å². The van der Waals surface area contributed by atoms with Gasteiger partial charge < -0.3 is 4.90 Å². The fraction of sp³-hybridized carbons (Fsp3) is 0.667. The smallest absolute Gasteiger partial charge is 0.224 e. The second kappa shape index (κ2) is 5.00. The fourth-order valence-electron chi connectivity index (χ4n) is 1.86. The van der Waals surface area contributed by atoms with Gasteiger partial charge in [0, 0.05) is 24.8 Å². The molecule has 0 aliphatic heterocycles. The van der Waals surface area contributed by atoms with Gasteiger partial charge in [-0.05, 0) is 43.7 Å². The highest BCUT2D eigenvalue weighted by Gasteiger charge is 2.24. The number of anilines is 1. The van der Waals surface area contributed by atoms with Crippen LogP contribution in [0.2, 0.25) is 5.28 Å². The Labute approximate surface area is 102 Å². The molecule has 0 unspecified atom stereocenters. The molecule has 0 radical (unpaired) electrons. The van der Waals surface area contributed by atoms with Crippen molar-refractivity contribution in [1.82, 2.24) is 9.97 Å². The lowest BCUT2D eigenvalue weighted by atomic mass is 10.3. The van der Waals surface area contributed by atoms with E-state index in [-0.39, 0.29) is 0 Å². The molecule has 1 aliphatic rings. The van der Waals surface area contributed by atoms with Gasteiger partial charge in [0.15, 0.2) is 0 Å². The minimum atomic E-state index is 0.354. The van der Waals surface area contributed by atoms with E-state index in [0.29, 0.717) is 5.28 Å². The van der Waals surface area contributed by atoms with Crippen LogP contribution >= 0.6 is 11.6 Å². The second-order valence-electron chi connectivity index (χ2n) is 4.53. The summed E-state index contributed by atoms with van der Waals surface area (Å²) >= 11 is 5.90.